The van der Waals surface area contributed by atoms with Crippen molar-refractivity contribution in [3.05, 3.63) is 107 Å². The fourth-order valence-electron chi connectivity index (χ4n) is 4.31. The van der Waals surface area contributed by atoms with Crippen molar-refractivity contribution in [1.29, 1.82) is 0 Å². The molecule has 6 nitrogen and oxygen atoms in total. The second-order valence-electron chi connectivity index (χ2n) is 8.67. The zero-order valence-corrected chi connectivity index (χ0v) is 23.5. The summed E-state index contributed by atoms with van der Waals surface area (Å²) in [6, 6.07) is 26.7. The summed E-state index contributed by atoms with van der Waals surface area (Å²) in [7, 11) is -1.54. The summed E-state index contributed by atoms with van der Waals surface area (Å²) in [4.78, 5) is 14.9. The Morgan fingerprint density at radius 2 is 1.05 bits per heavy atom. The monoisotopic (exact) mass is 574 g/mol. The molecule has 2 aliphatic rings. The largest absolute Gasteiger partial charge is 0.584 e. The molecule has 2 aliphatic heterocycles. The molecule has 0 bridgehead atoms. The van der Waals surface area contributed by atoms with Crippen LogP contribution in [0.25, 0.3) is 23.7 Å². The van der Waals surface area contributed by atoms with Crippen LogP contribution >= 0.6 is 31.3 Å². The molecule has 0 radical (unpaired) electrons. The molecule has 2 heterocycles. The SMILES string of the molecule is COc1ccc2c(c1)C(OP(=O)(O)OC1=Cc3ccccc3Sc3ccc(OC)cc31)=Cc1ccccc1S2. The zero-order valence-electron chi connectivity index (χ0n) is 21.0. The Balaban J connectivity index is 1.42. The Morgan fingerprint density at radius 3 is 1.49 bits per heavy atom. The van der Waals surface area contributed by atoms with Crippen LogP contribution in [0.2, 0.25) is 0 Å². The summed E-state index contributed by atoms with van der Waals surface area (Å²) in [6.45, 7) is 0. The van der Waals surface area contributed by atoms with Crippen LogP contribution in [-0.2, 0) is 13.6 Å². The number of phosphoric acid groups is 1. The van der Waals surface area contributed by atoms with E-state index in [2.05, 4.69) is 0 Å². The van der Waals surface area contributed by atoms with E-state index in [0.717, 1.165) is 30.7 Å². The van der Waals surface area contributed by atoms with Crippen LogP contribution in [0.4, 0.5) is 0 Å². The van der Waals surface area contributed by atoms with Gasteiger partial charge in [-0.3, -0.25) is 4.89 Å². The predicted molar refractivity (Wildman–Crippen MR) is 155 cm³/mol. The maximum Gasteiger partial charge on any atom is 0.584 e. The zero-order chi connectivity index (χ0) is 27.0. The van der Waals surface area contributed by atoms with E-state index in [1.54, 1.807) is 62.0 Å². The van der Waals surface area contributed by atoms with E-state index in [0.29, 0.717) is 22.6 Å². The molecule has 0 saturated heterocycles. The van der Waals surface area contributed by atoms with Gasteiger partial charge in [-0.15, -0.1) is 0 Å². The fourth-order valence-corrected chi connectivity index (χ4v) is 7.22. The van der Waals surface area contributed by atoms with E-state index >= 15 is 0 Å². The van der Waals surface area contributed by atoms with Gasteiger partial charge in [0, 0.05) is 30.7 Å². The lowest BCUT2D eigenvalue weighted by Crippen LogP contribution is -1.98. The minimum Gasteiger partial charge on any atom is -0.497 e. The normalized spacial score (nSPS) is 13.7. The number of hydrogen-bond donors (Lipinski definition) is 1. The first-order valence-electron chi connectivity index (χ1n) is 12.0. The van der Waals surface area contributed by atoms with E-state index < -0.39 is 7.82 Å². The highest BCUT2D eigenvalue weighted by molar-refractivity contribution is 7.99. The molecular weight excluding hydrogens is 551 g/mol. The number of rotatable bonds is 6. The van der Waals surface area contributed by atoms with E-state index in [1.807, 2.05) is 72.8 Å². The van der Waals surface area contributed by atoms with Gasteiger partial charge in [0.05, 0.1) is 14.2 Å². The van der Waals surface area contributed by atoms with E-state index in [1.165, 1.54) is 0 Å². The minimum absolute atomic E-state index is 0.210. The summed E-state index contributed by atoms with van der Waals surface area (Å²) in [6.07, 6.45) is 3.51. The van der Waals surface area contributed by atoms with Gasteiger partial charge in [-0.1, -0.05) is 59.9 Å². The molecule has 196 valence electrons. The van der Waals surface area contributed by atoms with Crippen LogP contribution in [0.3, 0.4) is 0 Å². The van der Waals surface area contributed by atoms with Crippen LogP contribution in [-0.4, -0.2) is 19.1 Å². The van der Waals surface area contributed by atoms with Crippen LogP contribution < -0.4 is 9.47 Å². The van der Waals surface area contributed by atoms with Gasteiger partial charge in [0.1, 0.15) is 23.0 Å². The highest BCUT2D eigenvalue weighted by Crippen LogP contribution is 2.55. The molecule has 4 aromatic rings. The van der Waals surface area contributed by atoms with Gasteiger partial charge in [-0.25, -0.2) is 4.57 Å². The Hall–Kier alpha value is -3.55. The lowest BCUT2D eigenvalue weighted by Gasteiger charge is -2.19. The highest BCUT2D eigenvalue weighted by atomic mass is 32.2. The maximum atomic E-state index is 13.7. The molecule has 39 heavy (non-hydrogen) atoms. The van der Waals surface area contributed by atoms with Crippen molar-refractivity contribution in [1.82, 2.24) is 0 Å². The second kappa shape index (κ2) is 10.5. The summed E-state index contributed by atoms with van der Waals surface area (Å²) in [5.41, 5.74) is 2.99. The number of hydrogen-bond acceptors (Lipinski definition) is 7. The molecule has 0 amide bonds. The molecular formula is C30H23O6PS2. The average molecular weight is 575 g/mol. The molecule has 0 unspecified atom stereocenters. The molecule has 1 N–H and O–H groups in total. The van der Waals surface area contributed by atoms with Crippen molar-refractivity contribution >= 4 is 55.0 Å². The van der Waals surface area contributed by atoms with Crippen molar-refractivity contribution in [3.8, 4) is 11.5 Å². The van der Waals surface area contributed by atoms with E-state index in [9.17, 15) is 9.46 Å². The van der Waals surface area contributed by atoms with Gasteiger partial charge in [-0.2, -0.15) is 0 Å². The van der Waals surface area contributed by atoms with Crippen LogP contribution in [0.1, 0.15) is 22.3 Å². The van der Waals surface area contributed by atoms with E-state index in [-0.39, 0.29) is 11.5 Å². The minimum atomic E-state index is -4.69. The molecule has 0 spiro atoms. The summed E-state index contributed by atoms with van der Waals surface area (Å²) in [5.74, 6) is 1.62. The Bertz CT molecular complexity index is 1580. The molecule has 0 aliphatic carbocycles. The molecule has 0 atom stereocenters. The third kappa shape index (κ3) is 5.34. The van der Waals surface area contributed by atoms with Crippen molar-refractivity contribution in [2.75, 3.05) is 14.2 Å². The van der Waals surface area contributed by atoms with Gasteiger partial charge in [-0.05, 0) is 71.8 Å². The lowest BCUT2D eigenvalue weighted by atomic mass is 10.1. The maximum absolute atomic E-state index is 13.7. The summed E-state index contributed by atoms with van der Waals surface area (Å²) in [5, 5.41) is 0. The van der Waals surface area contributed by atoms with Gasteiger partial charge in [0.15, 0.2) is 0 Å². The van der Waals surface area contributed by atoms with E-state index in [4.69, 9.17) is 18.5 Å². The third-order valence-electron chi connectivity index (χ3n) is 6.18. The first-order valence-corrected chi connectivity index (χ1v) is 15.1. The van der Waals surface area contributed by atoms with Crippen LogP contribution in [0.5, 0.6) is 11.5 Å². The molecule has 6 rings (SSSR count). The Labute approximate surface area is 234 Å². The first-order chi connectivity index (χ1) is 18.9. The van der Waals surface area contributed by atoms with Gasteiger partial charge in [0.2, 0.25) is 0 Å². The quantitative estimate of drug-likeness (QED) is 0.230. The van der Waals surface area contributed by atoms with Crippen molar-refractivity contribution in [3.63, 3.8) is 0 Å². The van der Waals surface area contributed by atoms with Crippen molar-refractivity contribution in [2.24, 2.45) is 0 Å². The topological polar surface area (TPSA) is 74.2 Å². The molecule has 0 fully saturated rings. The predicted octanol–water partition coefficient (Wildman–Crippen LogP) is 8.46. The van der Waals surface area contributed by atoms with Gasteiger partial charge < -0.3 is 18.5 Å². The van der Waals surface area contributed by atoms with Crippen LogP contribution in [0, 0.1) is 0 Å². The standard InChI is InChI=1S/C30H23O6PS2/c1-33-21-11-13-29-23(17-21)25(15-19-7-3-5-9-27(19)38-29)35-37(31,32)36-26-16-20-8-4-6-10-28(20)39-30-14-12-22(34-2)18-24(26)30/h3-18H,1-2H3,(H,31,32). The smallest absolute Gasteiger partial charge is 0.497 e. The molecule has 4 aromatic carbocycles. The Morgan fingerprint density at radius 1 is 0.615 bits per heavy atom. The van der Waals surface area contributed by atoms with Crippen molar-refractivity contribution in [2.45, 2.75) is 19.6 Å². The third-order valence-corrected chi connectivity index (χ3v) is 9.37. The van der Waals surface area contributed by atoms with Gasteiger partial charge >= 0.3 is 7.82 Å². The first kappa shape index (κ1) is 25.7. The summed E-state index contributed by atoms with van der Waals surface area (Å²) >= 11 is 3.10. The number of benzene rings is 4. The number of methoxy groups -OCH3 is 2. The molecule has 9 heteroatoms. The number of fused-ring (bicyclic) bond motifs is 4. The lowest BCUT2D eigenvalue weighted by molar-refractivity contribution is 0.264. The second-order valence-corrected chi connectivity index (χ2v) is 12.1. The van der Waals surface area contributed by atoms with Crippen molar-refractivity contribution < 1.29 is 28.0 Å². The number of phosphoric ester groups is 1. The average Bonchev–Trinajstić information content (AvgIpc) is 3.19. The van der Waals surface area contributed by atoms with Gasteiger partial charge in [0.25, 0.3) is 0 Å². The number of ether oxygens (including phenoxy) is 2. The molecule has 0 aromatic heterocycles. The highest BCUT2D eigenvalue weighted by Gasteiger charge is 2.32. The fraction of sp³-hybridized carbons (Fsp3) is 0.0667. The molecule has 0 saturated carbocycles. The summed E-state index contributed by atoms with van der Waals surface area (Å²) < 4.78 is 36.2. The Kier molecular flexibility index (Phi) is 6.95. The van der Waals surface area contributed by atoms with Crippen LogP contribution in [0.15, 0.2) is 105 Å².